The van der Waals surface area contributed by atoms with Gasteiger partial charge in [0.2, 0.25) is 0 Å². The number of esters is 1. The predicted octanol–water partition coefficient (Wildman–Crippen LogP) is 2.06. The van der Waals surface area contributed by atoms with E-state index in [0.29, 0.717) is 0 Å². The van der Waals surface area contributed by atoms with E-state index in [1.807, 2.05) is 0 Å². The summed E-state index contributed by atoms with van der Waals surface area (Å²) in [7, 11) is 0. The van der Waals surface area contributed by atoms with E-state index < -0.39 is 10.5 Å². The summed E-state index contributed by atoms with van der Waals surface area (Å²) < 4.78 is 4.53. The van der Waals surface area contributed by atoms with Gasteiger partial charge in [0, 0.05) is 0 Å². The van der Waals surface area contributed by atoms with Gasteiger partial charge in [0.05, 0.1) is 17.9 Å². The zero-order valence-corrected chi connectivity index (χ0v) is 9.06. The molecule has 0 radical (unpaired) electrons. The number of nitrogens with zero attached hydrogens (tertiary/aromatic N) is 1. The van der Waals surface area contributed by atoms with E-state index in [9.17, 15) is 4.79 Å². The second-order valence-electron chi connectivity index (χ2n) is 3.32. The van der Waals surface area contributed by atoms with E-state index in [1.54, 1.807) is 20.8 Å². The number of ether oxygens (including phenoxy) is 1. The minimum Gasteiger partial charge on any atom is -0.435 e. The molecule has 0 bridgehead atoms. The molecule has 6 nitrogen and oxygen atoms in total. The van der Waals surface area contributed by atoms with Crippen molar-refractivity contribution in [1.82, 2.24) is 0 Å². The first-order chi connectivity index (χ1) is 6.75. The maximum Gasteiger partial charge on any atom is 0.316 e. The molecular formula is C9H15NO5. The molecule has 0 heterocycles. The monoisotopic (exact) mass is 217 g/mol. The molecule has 0 aromatic carbocycles. The molecule has 0 aromatic heterocycles. The molecule has 0 amide bonds. The van der Waals surface area contributed by atoms with Crippen LogP contribution in [0.4, 0.5) is 0 Å². The van der Waals surface area contributed by atoms with Gasteiger partial charge in [-0.15, -0.1) is 10.1 Å². The molecule has 0 saturated carbocycles. The summed E-state index contributed by atoms with van der Waals surface area (Å²) in [5.41, 5.74) is -0.422. The van der Waals surface area contributed by atoms with Crippen molar-refractivity contribution in [1.29, 1.82) is 0 Å². The fourth-order valence-corrected chi connectivity index (χ4v) is 0.313. The Morgan fingerprint density at radius 3 is 1.87 bits per heavy atom. The molecule has 0 N–H and O–H groups in total. The van der Waals surface area contributed by atoms with Crippen molar-refractivity contribution >= 4 is 5.97 Å². The second-order valence-corrected chi connectivity index (χ2v) is 3.32. The normalized spacial score (nSPS) is 9.00. The highest BCUT2D eigenvalue weighted by Crippen LogP contribution is 2.14. The van der Waals surface area contributed by atoms with Crippen LogP contribution in [-0.4, -0.2) is 11.1 Å². The second kappa shape index (κ2) is 7.54. The zero-order chi connectivity index (χ0) is 12.5. The van der Waals surface area contributed by atoms with Gasteiger partial charge in [0.25, 0.3) is 5.09 Å². The molecule has 0 spiro atoms. The van der Waals surface area contributed by atoms with Crippen LogP contribution in [0.15, 0.2) is 25.7 Å². The lowest BCUT2D eigenvalue weighted by Crippen LogP contribution is -2.20. The Morgan fingerprint density at radius 1 is 1.33 bits per heavy atom. The van der Waals surface area contributed by atoms with Crippen LogP contribution in [0, 0.1) is 15.5 Å². The Bertz CT molecular complexity index is 241. The van der Waals surface area contributed by atoms with Gasteiger partial charge in [-0.2, -0.15) is 0 Å². The Balaban J connectivity index is 0. The fraction of sp³-hybridized carbons (Fsp3) is 0.444. The van der Waals surface area contributed by atoms with Gasteiger partial charge >= 0.3 is 5.97 Å². The van der Waals surface area contributed by atoms with Crippen molar-refractivity contribution in [3.63, 3.8) is 0 Å². The topological polar surface area (TPSA) is 78.7 Å². The summed E-state index contributed by atoms with van der Waals surface area (Å²) >= 11 is 0. The average Bonchev–Trinajstić information content (AvgIpc) is 2.03. The molecule has 0 aliphatic rings. The summed E-state index contributed by atoms with van der Waals surface area (Å²) in [5, 5.41) is 8.17. The predicted molar refractivity (Wildman–Crippen MR) is 54.0 cm³/mol. The van der Waals surface area contributed by atoms with Crippen LogP contribution in [0.25, 0.3) is 0 Å². The molecule has 0 rings (SSSR count). The van der Waals surface area contributed by atoms with Crippen LogP contribution in [0.2, 0.25) is 0 Å². The number of hydrogen-bond donors (Lipinski definition) is 0. The molecule has 0 aliphatic heterocycles. The first-order valence-corrected chi connectivity index (χ1v) is 3.99. The van der Waals surface area contributed by atoms with E-state index in [-0.39, 0.29) is 5.97 Å². The Morgan fingerprint density at radius 2 is 1.80 bits per heavy atom. The van der Waals surface area contributed by atoms with E-state index >= 15 is 0 Å². The van der Waals surface area contributed by atoms with Crippen molar-refractivity contribution in [3.05, 3.63) is 35.8 Å². The van der Waals surface area contributed by atoms with Gasteiger partial charge in [-0.25, -0.2) is 0 Å². The summed E-state index contributed by atoms with van der Waals surface area (Å²) in [5.74, 6) is -0.252. The van der Waals surface area contributed by atoms with Crippen LogP contribution in [0.5, 0.6) is 0 Å². The van der Waals surface area contributed by atoms with Crippen molar-refractivity contribution in [2.45, 2.75) is 20.8 Å². The van der Waals surface area contributed by atoms with Crippen LogP contribution in [-0.2, 0) is 14.4 Å². The summed E-state index contributed by atoms with van der Waals surface area (Å²) in [4.78, 5) is 23.4. The van der Waals surface area contributed by atoms with Gasteiger partial charge in [-0.3, -0.25) is 9.63 Å². The number of carbonyl (C=O) groups excluding carboxylic acids is 1. The Hall–Kier alpha value is -1.85. The van der Waals surface area contributed by atoms with Gasteiger partial charge in [-0.1, -0.05) is 13.2 Å². The third-order valence-corrected chi connectivity index (χ3v) is 0.963. The van der Waals surface area contributed by atoms with E-state index in [0.717, 1.165) is 12.5 Å². The number of rotatable bonds is 3. The molecule has 0 unspecified atom stereocenters. The third kappa shape index (κ3) is 12.1. The van der Waals surface area contributed by atoms with Crippen LogP contribution in [0.1, 0.15) is 20.8 Å². The lowest BCUT2D eigenvalue weighted by Gasteiger charge is -2.13. The summed E-state index contributed by atoms with van der Waals surface area (Å²) in [6, 6.07) is 0. The van der Waals surface area contributed by atoms with Gasteiger partial charge < -0.3 is 4.74 Å². The summed E-state index contributed by atoms with van der Waals surface area (Å²) in [6.07, 6.45) is 1.90. The van der Waals surface area contributed by atoms with Crippen molar-refractivity contribution in [2.75, 3.05) is 0 Å². The Labute approximate surface area is 88.3 Å². The van der Waals surface area contributed by atoms with Gasteiger partial charge in [0.1, 0.15) is 0 Å². The van der Waals surface area contributed by atoms with Crippen LogP contribution < -0.4 is 0 Å². The quantitative estimate of drug-likeness (QED) is 0.313. The molecule has 15 heavy (non-hydrogen) atoms. The smallest absolute Gasteiger partial charge is 0.316 e. The maximum absolute atomic E-state index is 10.8. The molecule has 0 fully saturated rings. The van der Waals surface area contributed by atoms with Crippen molar-refractivity contribution < 1.29 is 19.5 Å². The van der Waals surface area contributed by atoms with Gasteiger partial charge in [0.15, 0.2) is 0 Å². The third-order valence-electron chi connectivity index (χ3n) is 0.963. The summed E-state index contributed by atoms with van der Waals surface area (Å²) in [6.45, 7) is 11.6. The zero-order valence-electron chi connectivity index (χ0n) is 9.06. The van der Waals surface area contributed by atoms with E-state index in [1.165, 1.54) is 0 Å². The average molecular weight is 217 g/mol. The highest BCUT2D eigenvalue weighted by Gasteiger charge is 2.21. The fourth-order valence-electron chi connectivity index (χ4n) is 0.313. The first kappa shape index (κ1) is 15.6. The standard InChI is InChI=1S/C7H12O2.C2H3NO3/c1-5-9-6(8)7(2,3)4;1-2-6-3(4)5/h5H,1H2,2-4H3;2H,1H2. The van der Waals surface area contributed by atoms with Gasteiger partial charge in [-0.05, 0) is 20.8 Å². The van der Waals surface area contributed by atoms with E-state index in [2.05, 4.69) is 22.7 Å². The molecule has 86 valence electrons. The van der Waals surface area contributed by atoms with Crippen molar-refractivity contribution in [2.24, 2.45) is 5.41 Å². The highest BCUT2D eigenvalue weighted by atomic mass is 16.9. The number of hydrogen-bond acceptors (Lipinski definition) is 5. The molecule has 0 atom stereocenters. The van der Waals surface area contributed by atoms with Crippen molar-refractivity contribution in [3.8, 4) is 0 Å². The lowest BCUT2D eigenvalue weighted by molar-refractivity contribution is -0.737. The minimum atomic E-state index is -0.938. The first-order valence-electron chi connectivity index (χ1n) is 3.99. The SMILES string of the molecule is C=COC(=O)C(C)(C)C.C=CO[N+](=O)[O-]. The molecule has 6 heteroatoms. The minimum absolute atomic E-state index is 0.252. The molecular weight excluding hydrogens is 202 g/mol. The largest absolute Gasteiger partial charge is 0.435 e. The molecule has 0 saturated heterocycles. The molecule has 0 aliphatic carbocycles. The maximum atomic E-state index is 10.8. The van der Waals surface area contributed by atoms with Crippen LogP contribution >= 0.6 is 0 Å². The Kier molecular flexibility index (Phi) is 7.85. The lowest BCUT2D eigenvalue weighted by atomic mass is 9.98. The van der Waals surface area contributed by atoms with Crippen LogP contribution in [0.3, 0.4) is 0 Å². The molecule has 0 aromatic rings. The number of carbonyl (C=O) groups is 1. The van der Waals surface area contributed by atoms with E-state index in [4.69, 9.17) is 10.1 Å². The highest BCUT2D eigenvalue weighted by molar-refractivity contribution is 5.75.